The number of piperazine rings is 1. The van der Waals surface area contributed by atoms with Crippen LogP contribution in [0.4, 0.5) is 0 Å². The van der Waals surface area contributed by atoms with E-state index in [4.69, 9.17) is 37.9 Å². The third-order valence-electron chi connectivity index (χ3n) is 9.57. The summed E-state index contributed by atoms with van der Waals surface area (Å²) in [7, 11) is 0. The lowest BCUT2D eigenvalue weighted by atomic mass is 9.91. The molecule has 1 saturated carbocycles. The van der Waals surface area contributed by atoms with Crippen LogP contribution in [0.25, 0.3) is 0 Å². The van der Waals surface area contributed by atoms with Crippen LogP contribution in [0.1, 0.15) is 121 Å². The van der Waals surface area contributed by atoms with Crippen LogP contribution in [-0.4, -0.2) is 151 Å². The molecule has 304 valence electrons. The molecule has 10 nitrogen and oxygen atoms in total. The topological polar surface area (TPSA) is 80.3 Å². The number of rotatable bonds is 30. The Balaban J connectivity index is 1.35. The molecule has 0 atom stereocenters. The summed E-state index contributed by atoms with van der Waals surface area (Å²) in [6, 6.07) is 0. The van der Waals surface area contributed by atoms with Gasteiger partial charge in [-0.1, -0.05) is 20.8 Å². The first-order chi connectivity index (χ1) is 24.0. The number of ether oxygens (including phenoxy) is 8. The quantitative estimate of drug-likeness (QED) is 0.0721. The van der Waals surface area contributed by atoms with E-state index in [0.717, 1.165) is 91.1 Å². The molecule has 0 aromatic rings. The molecule has 0 aromatic heterocycles. The standard InChI is InChI=1S/C41H82N2O8/c1-38(2,3)16-24-44-26-27-45-28-29-46-30-31-47-32-33-50-41(9,10)15-14-40(7,8)49-23-13-11-12-17-42-18-20-43(21-19-42)22-25-48-36-34-37(35-36)51-39(4,5)6/h36-37H,11-35H2,1-10H3/t36-,37-. The highest BCUT2D eigenvalue weighted by Gasteiger charge is 2.33. The van der Waals surface area contributed by atoms with Crippen molar-refractivity contribution in [2.45, 2.75) is 150 Å². The molecule has 1 saturated heterocycles. The van der Waals surface area contributed by atoms with Crippen LogP contribution >= 0.6 is 0 Å². The fourth-order valence-electron chi connectivity index (χ4n) is 6.06. The van der Waals surface area contributed by atoms with Crippen molar-refractivity contribution in [2.75, 3.05) is 112 Å². The summed E-state index contributed by atoms with van der Waals surface area (Å²) in [6.07, 6.45) is 9.38. The SMILES string of the molecule is CC(C)(C)CCOCCOCCOCCOCCOC(C)(C)CCC(C)(C)OCCCCCN1CCN(CCO[C@H]2C[C@H](OC(C)(C)C)C2)CC1. The van der Waals surface area contributed by atoms with Crippen molar-refractivity contribution >= 4 is 0 Å². The van der Waals surface area contributed by atoms with Crippen LogP contribution in [0.3, 0.4) is 0 Å². The Morgan fingerprint density at radius 2 is 0.922 bits per heavy atom. The van der Waals surface area contributed by atoms with Gasteiger partial charge in [0.25, 0.3) is 0 Å². The highest BCUT2D eigenvalue weighted by atomic mass is 16.6. The van der Waals surface area contributed by atoms with E-state index < -0.39 is 0 Å². The number of hydrogen-bond acceptors (Lipinski definition) is 10. The van der Waals surface area contributed by atoms with Crippen molar-refractivity contribution in [3.05, 3.63) is 0 Å². The van der Waals surface area contributed by atoms with Crippen LogP contribution in [0.5, 0.6) is 0 Å². The third kappa shape index (κ3) is 26.1. The Labute approximate surface area is 314 Å². The lowest BCUT2D eigenvalue weighted by Crippen LogP contribution is -2.48. The van der Waals surface area contributed by atoms with Crippen LogP contribution in [0.2, 0.25) is 0 Å². The molecular weight excluding hydrogens is 648 g/mol. The summed E-state index contributed by atoms with van der Waals surface area (Å²) in [4.78, 5) is 5.17. The molecule has 1 aliphatic carbocycles. The van der Waals surface area contributed by atoms with Gasteiger partial charge in [-0.3, -0.25) is 4.90 Å². The molecule has 0 aromatic carbocycles. The summed E-state index contributed by atoms with van der Waals surface area (Å²) >= 11 is 0. The molecule has 0 spiro atoms. The third-order valence-corrected chi connectivity index (χ3v) is 9.57. The Bertz CT molecular complexity index is 846. The van der Waals surface area contributed by atoms with E-state index in [-0.39, 0.29) is 16.8 Å². The predicted molar refractivity (Wildman–Crippen MR) is 207 cm³/mol. The highest BCUT2D eigenvalue weighted by Crippen LogP contribution is 2.30. The molecule has 2 aliphatic rings. The van der Waals surface area contributed by atoms with Crippen molar-refractivity contribution in [2.24, 2.45) is 5.41 Å². The van der Waals surface area contributed by atoms with E-state index in [2.05, 4.69) is 79.0 Å². The van der Waals surface area contributed by atoms with Gasteiger partial charge >= 0.3 is 0 Å². The van der Waals surface area contributed by atoms with Gasteiger partial charge in [0.15, 0.2) is 0 Å². The van der Waals surface area contributed by atoms with Crippen molar-refractivity contribution in [3.8, 4) is 0 Å². The summed E-state index contributed by atoms with van der Waals surface area (Å²) in [5, 5.41) is 0. The zero-order valence-corrected chi connectivity index (χ0v) is 35.0. The van der Waals surface area contributed by atoms with Gasteiger partial charge in [0, 0.05) is 45.9 Å². The maximum atomic E-state index is 6.31. The second-order valence-corrected chi connectivity index (χ2v) is 18.0. The largest absolute Gasteiger partial charge is 0.379 e. The Hall–Kier alpha value is -0.400. The average Bonchev–Trinajstić information content (AvgIpc) is 3.02. The number of unbranched alkanes of at least 4 members (excludes halogenated alkanes) is 2. The number of hydrogen-bond donors (Lipinski definition) is 0. The average molecular weight is 731 g/mol. The van der Waals surface area contributed by atoms with Gasteiger partial charge in [0.1, 0.15) is 0 Å². The fraction of sp³-hybridized carbons (Fsp3) is 1.00. The van der Waals surface area contributed by atoms with Gasteiger partial charge in [0.05, 0.1) is 88.5 Å². The van der Waals surface area contributed by atoms with E-state index in [0.29, 0.717) is 70.5 Å². The van der Waals surface area contributed by atoms with Gasteiger partial charge < -0.3 is 42.8 Å². The van der Waals surface area contributed by atoms with E-state index in [1.54, 1.807) is 0 Å². The van der Waals surface area contributed by atoms with Gasteiger partial charge in [-0.15, -0.1) is 0 Å². The van der Waals surface area contributed by atoms with Crippen LogP contribution in [-0.2, 0) is 37.9 Å². The molecule has 2 fully saturated rings. The molecule has 0 radical (unpaired) electrons. The lowest BCUT2D eigenvalue weighted by Gasteiger charge is -2.39. The normalized spacial score (nSPS) is 19.9. The van der Waals surface area contributed by atoms with Crippen molar-refractivity contribution in [3.63, 3.8) is 0 Å². The molecule has 0 amide bonds. The fourth-order valence-corrected chi connectivity index (χ4v) is 6.06. The molecule has 0 N–H and O–H groups in total. The summed E-state index contributed by atoms with van der Waals surface area (Å²) in [6.45, 7) is 35.7. The molecule has 10 heteroatoms. The summed E-state index contributed by atoms with van der Waals surface area (Å²) in [5.41, 5.74) is -0.113. The zero-order chi connectivity index (χ0) is 37.6. The zero-order valence-electron chi connectivity index (χ0n) is 35.0. The molecule has 0 unspecified atom stereocenters. The Morgan fingerprint density at radius 3 is 1.43 bits per heavy atom. The van der Waals surface area contributed by atoms with E-state index in [1.807, 2.05) is 0 Å². The molecule has 51 heavy (non-hydrogen) atoms. The van der Waals surface area contributed by atoms with Crippen LogP contribution < -0.4 is 0 Å². The Morgan fingerprint density at radius 1 is 0.451 bits per heavy atom. The summed E-state index contributed by atoms with van der Waals surface area (Å²) in [5.74, 6) is 0. The number of nitrogens with zero attached hydrogens (tertiary/aromatic N) is 2. The van der Waals surface area contributed by atoms with Crippen molar-refractivity contribution in [1.29, 1.82) is 0 Å². The van der Waals surface area contributed by atoms with Crippen molar-refractivity contribution < 1.29 is 37.9 Å². The second-order valence-electron chi connectivity index (χ2n) is 18.0. The monoisotopic (exact) mass is 731 g/mol. The van der Waals surface area contributed by atoms with E-state index in [9.17, 15) is 0 Å². The van der Waals surface area contributed by atoms with Crippen LogP contribution in [0, 0.1) is 5.41 Å². The van der Waals surface area contributed by atoms with Gasteiger partial charge in [-0.05, 0) is 112 Å². The minimum absolute atomic E-state index is 0.0530. The van der Waals surface area contributed by atoms with Crippen LogP contribution in [0.15, 0.2) is 0 Å². The first kappa shape index (κ1) is 46.8. The first-order valence-corrected chi connectivity index (χ1v) is 20.4. The highest BCUT2D eigenvalue weighted by molar-refractivity contribution is 4.83. The maximum absolute atomic E-state index is 6.31. The lowest BCUT2D eigenvalue weighted by molar-refractivity contribution is -0.149. The molecule has 0 bridgehead atoms. The Kier molecular flexibility index (Phi) is 22.8. The molecule has 2 rings (SSSR count). The van der Waals surface area contributed by atoms with Gasteiger partial charge in [-0.2, -0.15) is 0 Å². The minimum Gasteiger partial charge on any atom is -0.379 e. The summed E-state index contributed by atoms with van der Waals surface area (Å²) < 4.78 is 47.0. The van der Waals surface area contributed by atoms with E-state index >= 15 is 0 Å². The second kappa shape index (κ2) is 24.9. The minimum atomic E-state index is -0.215. The van der Waals surface area contributed by atoms with Crippen molar-refractivity contribution in [1.82, 2.24) is 9.80 Å². The van der Waals surface area contributed by atoms with Gasteiger partial charge in [-0.25, -0.2) is 0 Å². The molecule has 1 aliphatic heterocycles. The van der Waals surface area contributed by atoms with E-state index in [1.165, 1.54) is 19.4 Å². The maximum Gasteiger partial charge on any atom is 0.0707 e. The first-order valence-electron chi connectivity index (χ1n) is 20.4. The molecular formula is C41H82N2O8. The molecule has 1 heterocycles. The smallest absolute Gasteiger partial charge is 0.0707 e. The van der Waals surface area contributed by atoms with Gasteiger partial charge in [0.2, 0.25) is 0 Å². The predicted octanol–water partition coefficient (Wildman–Crippen LogP) is 7.01.